The van der Waals surface area contributed by atoms with Gasteiger partial charge in [-0.25, -0.2) is 4.57 Å². The molecule has 8 heteroatoms. The quantitative estimate of drug-likeness (QED) is 0.191. The SMILES string of the molecule is O=P(O)(O)OCNCC(O)O. The highest BCUT2D eigenvalue weighted by Gasteiger charge is 2.12. The van der Waals surface area contributed by atoms with E-state index in [2.05, 4.69) is 9.84 Å². The van der Waals surface area contributed by atoms with Crippen LogP contribution in [0.1, 0.15) is 0 Å². The van der Waals surface area contributed by atoms with Gasteiger partial charge in [0.15, 0.2) is 6.29 Å². The summed E-state index contributed by atoms with van der Waals surface area (Å²) in [6, 6.07) is 0. The minimum atomic E-state index is -4.45. The molecule has 5 N–H and O–H groups in total. The minimum Gasteiger partial charge on any atom is -0.367 e. The molecule has 0 saturated heterocycles. The molecule has 0 unspecified atom stereocenters. The normalized spacial score (nSPS) is 12.5. The first-order chi connectivity index (χ1) is 4.92. The first kappa shape index (κ1) is 11.0. The predicted molar refractivity (Wildman–Crippen MR) is 34.2 cm³/mol. The van der Waals surface area contributed by atoms with Crippen molar-refractivity contribution in [3.8, 4) is 0 Å². The summed E-state index contributed by atoms with van der Waals surface area (Å²) in [7, 11) is -4.45. The molecule has 7 nitrogen and oxygen atoms in total. The third-order valence-corrected chi connectivity index (χ3v) is 1.13. The first-order valence-electron chi connectivity index (χ1n) is 2.69. The molecule has 0 aliphatic heterocycles. The lowest BCUT2D eigenvalue weighted by molar-refractivity contribution is -0.0403. The van der Waals surface area contributed by atoms with Gasteiger partial charge in [0.2, 0.25) is 0 Å². The van der Waals surface area contributed by atoms with Gasteiger partial charge in [-0.05, 0) is 0 Å². The number of hydrogen-bond donors (Lipinski definition) is 5. The Kier molecular flexibility index (Phi) is 4.78. The highest BCUT2D eigenvalue weighted by molar-refractivity contribution is 7.46. The Morgan fingerprint density at radius 1 is 1.45 bits per heavy atom. The fourth-order valence-corrected chi connectivity index (χ4v) is 0.577. The highest BCUT2D eigenvalue weighted by Crippen LogP contribution is 2.34. The molecule has 0 aromatic rings. The van der Waals surface area contributed by atoms with Crippen molar-refractivity contribution in [2.75, 3.05) is 13.3 Å². The molecule has 0 fully saturated rings. The van der Waals surface area contributed by atoms with Crippen LogP contribution in [0.3, 0.4) is 0 Å². The molecule has 0 aromatic carbocycles. The molecule has 0 amide bonds. The molecule has 0 rings (SSSR count). The van der Waals surface area contributed by atoms with Crippen LogP contribution in [-0.4, -0.2) is 39.6 Å². The molecule has 0 radical (unpaired) electrons. The molecule has 0 aliphatic rings. The zero-order valence-electron chi connectivity index (χ0n) is 5.54. The molecule has 11 heavy (non-hydrogen) atoms. The fourth-order valence-electron chi connectivity index (χ4n) is 0.318. The largest absolute Gasteiger partial charge is 0.470 e. The number of rotatable bonds is 5. The Hall–Kier alpha value is -0.0100. The second kappa shape index (κ2) is 4.78. The van der Waals surface area contributed by atoms with Crippen molar-refractivity contribution in [3.05, 3.63) is 0 Å². The molecule has 0 saturated carbocycles. The van der Waals surface area contributed by atoms with E-state index in [-0.39, 0.29) is 6.54 Å². The summed E-state index contributed by atoms with van der Waals surface area (Å²) in [6.07, 6.45) is -1.56. The van der Waals surface area contributed by atoms with E-state index in [4.69, 9.17) is 20.0 Å². The van der Waals surface area contributed by atoms with Gasteiger partial charge >= 0.3 is 7.82 Å². The van der Waals surface area contributed by atoms with E-state index in [0.29, 0.717) is 0 Å². The summed E-state index contributed by atoms with van der Waals surface area (Å²) in [6.45, 7) is -0.637. The maximum absolute atomic E-state index is 9.98. The first-order valence-corrected chi connectivity index (χ1v) is 4.22. The highest BCUT2D eigenvalue weighted by atomic mass is 31.2. The van der Waals surface area contributed by atoms with Gasteiger partial charge in [0.25, 0.3) is 0 Å². The maximum Gasteiger partial charge on any atom is 0.470 e. The van der Waals surface area contributed by atoms with Crippen LogP contribution in [-0.2, 0) is 9.09 Å². The second-order valence-corrected chi connectivity index (χ2v) is 2.94. The molecule has 0 aliphatic carbocycles. The van der Waals surface area contributed by atoms with Gasteiger partial charge in [-0.15, -0.1) is 0 Å². The maximum atomic E-state index is 9.98. The molecule has 0 aromatic heterocycles. The van der Waals surface area contributed by atoms with E-state index in [1.165, 1.54) is 0 Å². The monoisotopic (exact) mass is 187 g/mol. The summed E-state index contributed by atoms with van der Waals surface area (Å²) in [4.78, 5) is 16.2. The van der Waals surface area contributed by atoms with Gasteiger partial charge in [-0.3, -0.25) is 9.84 Å². The Labute approximate surface area is 62.9 Å². The van der Waals surface area contributed by atoms with Crippen molar-refractivity contribution in [1.29, 1.82) is 0 Å². The van der Waals surface area contributed by atoms with Crippen LogP contribution in [0.2, 0.25) is 0 Å². The summed E-state index contributed by atoms with van der Waals surface area (Å²) in [5.41, 5.74) is 0. The molecule has 0 bridgehead atoms. The van der Waals surface area contributed by atoms with E-state index < -0.39 is 20.8 Å². The van der Waals surface area contributed by atoms with Crippen molar-refractivity contribution in [1.82, 2.24) is 5.32 Å². The zero-order chi connectivity index (χ0) is 8.91. The van der Waals surface area contributed by atoms with Crippen LogP contribution in [0, 0.1) is 0 Å². The molecular formula is C3H10NO6P. The number of aliphatic hydroxyl groups excluding tert-OH is 1. The molecule has 0 atom stereocenters. The smallest absolute Gasteiger partial charge is 0.367 e. The number of aliphatic hydroxyl groups is 2. The summed E-state index contributed by atoms with van der Waals surface area (Å²) in [5, 5.41) is 18.7. The molecular weight excluding hydrogens is 177 g/mol. The van der Waals surface area contributed by atoms with Gasteiger partial charge < -0.3 is 20.0 Å². The van der Waals surface area contributed by atoms with Crippen LogP contribution in [0.15, 0.2) is 0 Å². The van der Waals surface area contributed by atoms with Crippen LogP contribution in [0.5, 0.6) is 0 Å². The Morgan fingerprint density at radius 2 is 2.00 bits per heavy atom. The number of nitrogens with one attached hydrogen (secondary N) is 1. The van der Waals surface area contributed by atoms with Crippen LogP contribution in [0.25, 0.3) is 0 Å². The summed E-state index contributed by atoms with van der Waals surface area (Å²) >= 11 is 0. The van der Waals surface area contributed by atoms with Crippen molar-refractivity contribution in [2.24, 2.45) is 0 Å². The third-order valence-electron chi connectivity index (χ3n) is 0.662. The topological polar surface area (TPSA) is 119 Å². The van der Waals surface area contributed by atoms with Crippen molar-refractivity contribution >= 4 is 7.82 Å². The van der Waals surface area contributed by atoms with Gasteiger partial charge in [0.05, 0.1) is 0 Å². The average Bonchev–Trinajstić information content (AvgIpc) is 1.78. The lowest BCUT2D eigenvalue weighted by atomic mass is 10.6. The van der Waals surface area contributed by atoms with Gasteiger partial charge in [0.1, 0.15) is 6.73 Å². The van der Waals surface area contributed by atoms with E-state index >= 15 is 0 Å². The molecule has 0 heterocycles. The van der Waals surface area contributed by atoms with Crippen molar-refractivity contribution < 1.29 is 29.1 Å². The van der Waals surface area contributed by atoms with Gasteiger partial charge in [-0.1, -0.05) is 0 Å². The lowest BCUT2D eigenvalue weighted by Gasteiger charge is -2.07. The van der Waals surface area contributed by atoms with E-state index in [1.807, 2.05) is 0 Å². The Balaban J connectivity index is 3.22. The standard InChI is InChI=1S/C3H10NO6P/c5-3(6)1-4-2-10-11(7,8)9/h3-6H,1-2H2,(H2,7,8,9). The van der Waals surface area contributed by atoms with Crippen molar-refractivity contribution in [2.45, 2.75) is 6.29 Å². The zero-order valence-corrected chi connectivity index (χ0v) is 6.44. The van der Waals surface area contributed by atoms with Crippen LogP contribution >= 0.6 is 7.82 Å². The van der Waals surface area contributed by atoms with Crippen molar-refractivity contribution in [3.63, 3.8) is 0 Å². The summed E-state index contributed by atoms with van der Waals surface area (Å²) in [5.74, 6) is 0. The van der Waals surface area contributed by atoms with Gasteiger partial charge in [0, 0.05) is 6.54 Å². The van der Waals surface area contributed by atoms with E-state index in [1.54, 1.807) is 0 Å². The molecule has 68 valence electrons. The van der Waals surface area contributed by atoms with E-state index in [0.717, 1.165) is 0 Å². The van der Waals surface area contributed by atoms with Gasteiger partial charge in [-0.2, -0.15) is 0 Å². The molecule has 0 spiro atoms. The Morgan fingerprint density at radius 3 is 2.36 bits per heavy atom. The van der Waals surface area contributed by atoms with E-state index in [9.17, 15) is 4.57 Å². The predicted octanol–water partition coefficient (Wildman–Crippen LogP) is -2.05. The third kappa shape index (κ3) is 9.99. The average molecular weight is 187 g/mol. The minimum absolute atomic E-state index is 0.208. The summed E-state index contributed by atoms with van der Waals surface area (Å²) < 4.78 is 13.9. The number of phosphoric acid groups is 1. The number of phosphoric ester groups is 1. The fraction of sp³-hybridized carbons (Fsp3) is 1.00. The number of hydrogen-bond acceptors (Lipinski definition) is 5. The second-order valence-electron chi connectivity index (χ2n) is 1.70. The van der Waals surface area contributed by atoms with Crippen LogP contribution < -0.4 is 5.32 Å². The Bertz CT molecular complexity index is 143. The lowest BCUT2D eigenvalue weighted by Crippen LogP contribution is -2.27. The van der Waals surface area contributed by atoms with Crippen LogP contribution in [0.4, 0.5) is 0 Å².